The molecule has 8 heteroatoms. The van der Waals surface area contributed by atoms with Gasteiger partial charge in [-0.25, -0.2) is 4.79 Å². The molecule has 1 aromatic carbocycles. The van der Waals surface area contributed by atoms with Gasteiger partial charge in [0.25, 0.3) is 0 Å². The summed E-state index contributed by atoms with van der Waals surface area (Å²) >= 11 is 3.24. The van der Waals surface area contributed by atoms with Crippen LogP contribution in [-0.4, -0.2) is 44.4 Å². The summed E-state index contributed by atoms with van der Waals surface area (Å²) in [6.07, 6.45) is 0. The van der Waals surface area contributed by atoms with Gasteiger partial charge in [-0.3, -0.25) is 4.31 Å². The Morgan fingerprint density at radius 2 is 2.05 bits per heavy atom. The van der Waals surface area contributed by atoms with Gasteiger partial charge in [-0.1, -0.05) is 22.9 Å². The summed E-state index contributed by atoms with van der Waals surface area (Å²) < 4.78 is 27.6. The Morgan fingerprint density at radius 3 is 2.55 bits per heavy atom. The lowest BCUT2D eigenvalue weighted by molar-refractivity contribution is 0.0695. The molecule has 1 unspecified atom stereocenters. The molecule has 0 spiro atoms. The van der Waals surface area contributed by atoms with Crippen molar-refractivity contribution in [3.05, 3.63) is 27.7 Å². The van der Waals surface area contributed by atoms with Crippen molar-refractivity contribution in [2.75, 3.05) is 24.9 Å². The van der Waals surface area contributed by atoms with Gasteiger partial charge in [-0.15, -0.1) is 0 Å². The van der Waals surface area contributed by atoms with Crippen molar-refractivity contribution in [1.29, 1.82) is 0 Å². The van der Waals surface area contributed by atoms with Crippen LogP contribution in [0.3, 0.4) is 0 Å². The highest BCUT2D eigenvalue weighted by Crippen LogP contribution is 2.42. The van der Waals surface area contributed by atoms with E-state index in [4.69, 9.17) is 0 Å². The maximum Gasteiger partial charge on any atom is 0.336 e. The molecule has 1 aliphatic rings. The maximum absolute atomic E-state index is 12.3. The van der Waals surface area contributed by atoms with Crippen LogP contribution in [0.2, 0.25) is 0 Å². The van der Waals surface area contributed by atoms with E-state index in [0.717, 1.165) is 4.31 Å². The molecular formula is C12H15BrN2O4S. The molecule has 1 N–H and O–H groups in total. The molecule has 1 aromatic rings. The van der Waals surface area contributed by atoms with Crippen LogP contribution >= 0.6 is 15.9 Å². The summed E-state index contributed by atoms with van der Waals surface area (Å²) in [6.45, 7) is 2.07. The van der Waals surface area contributed by atoms with Crippen LogP contribution in [-0.2, 0) is 10.2 Å². The van der Waals surface area contributed by atoms with Gasteiger partial charge in [0, 0.05) is 31.0 Å². The van der Waals surface area contributed by atoms with E-state index in [1.807, 2.05) is 6.92 Å². The number of halogens is 1. The smallest absolute Gasteiger partial charge is 0.336 e. The molecule has 6 nitrogen and oxygen atoms in total. The highest BCUT2D eigenvalue weighted by atomic mass is 79.9. The Morgan fingerprint density at radius 1 is 1.45 bits per heavy atom. The van der Waals surface area contributed by atoms with Crippen LogP contribution in [0.5, 0.6) is 0 Å². The predicted molar refractivity (Wildman–Crippen MR) is 79.5 cm³/mol. The topological polar surface area (TPSA) is 77.9 Å². The number of anilines is 1. The minimum atomic E-state index is -3.63. The van der Waals surface area contributed by atoms with Gasteiger partial charge in [0.1, 0.15) is 0 Å². The molecule has 20 heavy (non-hydrogen) atoms. The van der Waals surface area contributed by atoms with E-state index >= 15 is 0 Å². The standard InChI is InChI=1S/C12H15BrN2O4S/c1-7-6-15(20(18,19)14(2)3)10-5-8(13)4-9(11(7)10)12(16)17/h4-5,7H,6H2,1-3H3,(H,16,17). The van der Waals surface area contributed by atoms with Crippen LogP contribution in [0.4, 0.5) is 5.69 Å². The summed E-state index contributed by atoms with van der Waals surface area (Å²) in [5.41, 5.74) is 1.13. The number of nitrogens with zero attached hydrogens (tertiary/aromatic N) is 2. The van der Waals surface area contributed by atoms with E-state index < -0.39 is 16.2 Å². The van der Waals surface area contributed by atoms with Crippen molar-refractivity contribution < 1.29 is 18.3 Å². The number of carboxylic acid groups (broad SMARTS) is 1. The molecule has 0 radical (unpaired) electrons. The van der Waals surface area contributed by atoms with Crippen molar-refractivity contribution in [2.24, 2.45) is 0 Å². The molecule has 1 aliphatic heterocycles. The Bertz CT molecular complexity index is 672. The number of aromatic carboxylic acids is 1. The molecule has 0 saturated heterocycles. The normalized spacial score (nSPS) is 18.4. The average molecular weight is 363 g/mol. The average Bonchev–Trinajstić information content (AvgIpc) is 2.65. The Kier molecular flexibility index (Phi) is 3.83. The number of benzene rings is 1. The van der Waals surface area contributed by atoms with Crippen LogP contribution in [0, 0.1) is 0 Å². The Hall–Kier alpha value is -1.12. The van der Waals surface area contributed by atoms with Gasteiger partial charge < -0.3 is 5.11 Å². The van der Waals surface area contributed by atoms with Crippen molar-refractivity contribution in [2.45, 2.75) is 12.8 Å². The third-order valence-corrected chi connectivity index (χ3v) is 5.58. The second kappa shape index (κ2) is 5.01. The molecule has 0 bridgehead atoms. The lowest BCUT2D eigenvalue weighted by Gasteiger charge is -2.23. The fraction of sp³-hybridized carbons (Fsp3) is 0.417. The summed E-state index contributed by atoms with van der Waals surface area (Å²) in [5, 5.41) is 9.29. The SMILES string of the molecule is CC1CN(S(=O)(=O)N(C)C)c2cc(Br)cc(C(=O)O)c21. The van der Waals surface area contributed by atoms with E-state index in [1.54, 1.807) is 6.07 Å². The first-order valence-electron chi connectivity index (χ1n) is 5.93. The zero-order chi connectivity index (χ0) is 15.2. The zero-order valence-corrected chi connectivity index (χ0v) is 13.7. The third kappa shape index (κ3) is 2.32. The van der Waals surface area contributed by atoms with E-state index in [1.165, 1.54) is 24.5 Å². The molecule has 0 amide bonds. The van der Waals surface area contributed by atoms with Crippen molar-refractivity contribution in [3.8, 4) is 0 Å². The molecule has 2 rings (SSSR count). The van der Waals surface area contributed by atoms with Gasteiger partial charge in [-0.05, 0) is 17.7 Å². The number of carboxylic acids is 1. The predicted octanol–water partition coefficient (Wildman–Crippen LogP) is 1.88. The molecular weight excluding hydrogens is 348 g/mol. The van der Waals surface area contributed by atoms with E-state index in [0.29, 0.717) is 15.7 Å². The Labute approximate surface area is 126 Å². The highest BCUT2D eigenvalue weighted by Gasteiger charge is 2.37. The molecule has 0 fully saturated rings. The fourth-order valence-corrected chi connectivity index (χ4v) is 4.01. The summed E-state index contributed by atoms with van der Waals surface area (Å²) in [4.78, 5) is 11.3. The molecule has 0 aliphatic carbocycles. The summed E-state index contributed by atoms with van der Waals surface area (Å²) in [7, 11) is -0.724. The van der Waals surface area contributed by atoms with E-state index in [-0.39, 0.29) is 18.0 Å². The summed E-state index contributed by atoms with van der Waals surface area (Å²) in [5.74, 6) is -1.22. The molecule has 0 aromatic heterocycles. The van der Waals surface area contributed by atoms with Gasteiger partial charge in [0.05, 0.1) is 11.3 Å². The lowest BCUT2D eigenvalue weighted by atomic mass is 9.97. The summed E-state index contributed by atoms with van der Waals surface area (Å²) in [6, 6.07) is 3.15. The fourth-order valence-electron chi connectivity index (χ4n) is 2.36. The second-order valence-corrected chi connectivity index (χ2v) is 7.90. The monoisotopic (exact) mass is 362 g/mol. The van der Waals surface area contributed by atoms with Gasteiger partial charge in [0.2, 0.25) is 0 Å². The number of carbonyl (C=O) groups is 1. The van der Waals surface area contributed by atoms with Gasteiger partial charge in [0.15, 0.2) is 0 Å². The number of hydrogen-bond acceptors (Lipinski definition) is 3. The zero-order valence-electron chi connectivity index (χ0n) is 11.3. The van der Waals surface area contributed by atoms with Crippen molar-refractivity contribution in [1.82, 2.24) is 4.31 Å². The van der Waals surface area contributed by atoms with E-state index in [9.17, 15) is 18.3 Å². The molecule has 0 saturated carbocycles. The van der Waals surface area contributed by atoms with E-state index in [2.05, 4.69) is 15.9 Å². The first-order chi connectivity index (χ1) is 9.16. The quantitative estimate of drug-likeness (QED) is 0.890. The number of rotatable bonds is 3. The number of fused-ring (bicyclic) bond motifs is 1. The first-order valence-corrected chi connectivity index (χ1v) is 8.12. The van der Waals surface area contributed by atoms with Crippen LogP contribution < -0.4 is 4.31 Å². The second-order valence-electron chi connectivity index (χ2n) is 4.91. The molecule has 1 atom stereocenters. The van der Waals surface area contributed by atoms with Crippen LogP contribution in [0.25, 0.3) is 0 Å². The Balaban J connectivity index is 2.69. The van der Waals surface area contributed by atoms with Crippen LogP contribution in [0.15, 0.2) is 16.6 Å². The minimum Gasteiger partial charge on any atom is -0.478 e. The maximum atomic E-state index is 12.3. The van der Waals surface area contributed by atoms with Gasteiger partial charge in [-0.2, -0.15) is 12.7 Å². The van der Waals surface area contributed by atoms with Crippen molar-refractivity contribution >= 4 is 37.8 Å². The largest absolute Gasteiger partial charge is 0.478 e. The minimum absolute atomic E-state index is 0.137. The molecule has 1 heterocycles. The first kappa shape index (κ1) is 15.3. The van der Waals surface area contributed by atoms with Crippen LogP contribution in [0.1, 0.15) is 28.8 Å². The highest BCUT2D eigenvalue weighted by molar-refractivity contribution is 9.10. The number of hydrogen-bond donors (Lipinski definition) is 1. The third-order valence-electron chi connectivity index (χ3n) is 3.29. The lowest BCUT2D eigenvalue weighted by Crippen LogP contribution is -2.39. The molecule has 110 valence electrons. The van der Waals surface area contributed by atoms with Crippen molar-refractivity contribution in [3.63, 3.8) is 0 Å². The van der Waals surface area contributed by atoms with Gasteiger partial charge >= 0.3 is 16.2 Å².